The summed E-state index contributed by atoms with van der Waals surface area (Å²) in [5.74, 6) is 0.314. The van der Waals surface area contributed by atoms with Crippen LogP contribution in [0.4, 0.5) is 0 Å². The minimum atomic E-state index is -0.225. The minimum absolute atomic E-state index is 0.225. The fraction of sp³-hybridized carbons (Fsp3) is 0.800. The van der Waals surface area contributed by atoms with E-state index < -0.39 is 0 Å². The number of likely N-dealkylation sites (tertiary alicyclic amines) is 1. The Kier molecular flexibility index (Phi) is 6.00. The summed E-state index contributed by atoms with van der Waals surface area (Å²) < 4.78 is 7.40. The Hall–Kier alpha value is 0.350. The minimum Gasteiger partial charge on any atom is -0.391 e. The molecule has 0 aromatic carbocycles. The molecule has 1 fully saturated rings. The Balaban J connectivity index is 2.17. The van der Waals surface area contributed by atoms with Gasteiger partial charge in [-0.25, -0.2) is 0 Å². The fourth-order valence-corrected chi connectivity index (χ4v) is 1.86. The van der Waals surface area contributed by atoms with Crippen LogP contribution in [0.15, 0.2) is 10.2 Å². The van der Waals surface area contributed by atoms with Crippen molar-refractivity contribution in [3.05, 3.63) is 10.2 Å². The van der Waals surface area contributed by atoms with Crippen molar-refractivity contribution >= 4 is 22.6 Å². The van der Waals surface area contributed by atoms with E-state index in [1.165, 1.54) is 0 Å². The maximum Gasteiger partial charge on any atom is 0.0717 e. The average molecular weight is 311 g/mol. The average Bonchev–Trinajstić information content (AvgIpc) is 2.15. The lowest BCUT2D eigenvalue weighted by atomic mass is 9.95. The second kappa shape index (κ2) is 6.76. The molecule has 1 rings (SSSR count). The van der Waals surface area contributed by atoms with Crippen molar-refractivity contribution in [2.75, 3.05) is 33.4 Å². The summed E-state index contributed by atoms with van der Waals surface area (Å²) in [6.07, 6.45) is 2.78. The Morgan fingerprint density at radius 2 is 2.43 bits per heavy atom. The van der Waals surface area contributed by atoms with E-state index >= 15 is 0 Å². The quantitative estimate of drug-likeness (QED) is 0.627. The van der Waals surface area contributed by atoms with E-state index in [0.717, 1.165) is 19.5 Å². The topological polar surface area (TPSA) is 32.7 Å². The first-order chi connectivity index (χ1) is 6.74. The molecular formula is C10H18INO2. The van der Waals surface area contributed by atoms with Crippen LogP contribution in [-0.2, 0) is 4.74 Å². The van der Waals surface area contributed by atoms with Gasteiger partial charge in [-0.3, -0.25) is 0 Å². The largest absolute Gasteiger partial charge is 0.391 e. The lowest BCUT2D eigenvalue weighted by Gasteiger charge is -2.33. The second-order valence-corrected chi connectivity index (χ2v) is 4.50. The molecule has 2 atom stereocenters. The Morgan fingerprint density at radius 3 is 3.07 bits per heavy atom. The maximum atomic E-state index is 9.75. The lowest BCUT2D eigenvalue weighted by Crippen LogP contribution is -2.43. The summed E-state index contributed by atoms with van der Waals surface area (Å²) in [6.45, 7) is 3.17. The van der Waals surface area contributed by atoms with Gasteiger partial charge in [0.05, 0.1) is 19.3 Å². The third-order valence-corrected chi connectivity index (χ3v) is 3.07. The number of hydrogen-bond donors (Lipinski definition) is 1. The number of halogens is 1. The number of aliphatic hydroxyl groups excluding tert-OH is 1. The van der Waals surface area contributed by atoms with E-state index in [-0.39, 0.29) is 6.10 Å². The number of nitrogens with zero attached hydrogens (tertiary/aromatic N) is 1. The van der Waals surface area contributed by atoms with Crippen LogP contribution in [0.5, 0.6) is 0 Å². The van der Waals surface area contributed by atoms with Gasteiger partial charge in [0.2, 0.25) is 0 Å². The van der Waals surface area contributed by atoms with Gasteiger partial charge < -0.3 is 14.7 Å². The highest BCUT2D eigenvalue weighted by Crippen LogP contribution is 2.16. The predicted octanol–water partition coefficient (Wildman–Crippen LogP) is 1.26. The van der Waals surface area contributed by atoms with Gasteiger partial charge in [0.15, 0.2) is 0 Å². The Bertz CT molecular complexity index is 187. The third kappa shape index (κ3) is 4.25. The van der Waals surface area contributed by atoms with E-state index in [9.17, 15) is 5.11 Å². The molecule has 0 amide bonds. The van der Waals surface area contributed by atoms with Gasteiger partial charge in [0.25, 0.3) is 0 Å². The van der Waals surface area contributed by atoms with E-state index in [2.05, 4.69) is 27.5 Å². The first kappa shape index (κ1) is 12.4. The van der Waals surface area contributed by atoms with Crippen LogP contribution in [0, 0.1) is 5.92 Å². The number of aliphatic hydroxyl groups is 1. The van der Waals surface area contributed by atoms with Gasteiger partial charge in [-0.05, 0) is 24.1 Å². The van der Waals surface area contributed by atoms with Gasteiger partial charge in [-0.1, -0.05) is 28.7 Å². The van der Waals surface area contributed by atoms with Gasteiger partial charge in [-0.15, -0.1) is 0 Å². The molecule has 0 aromatic rings. The molecule has 1 saturated heterocycles. The summed E-state index contributed by atoms with van der Waals surface area (Å²) in [5, 5.41) is 9.75. The number of rotatable bonds is 4. The van der Waals surface area contributed by atoms with E-state index in [4.69, 9.17) is 4.74 Å². The number of likely N-dealkylation sites (N-methyl/N-ethyl adjacent to an activating group) is 1. The fourth-order valence-electron chi connectivity index (χ4n) is 1.66. The maximum absolute atomic E-state index is 9.75. The number of hydrogen-bond acceptors (Lipinski definition) is 3. The lowest BCUT2D eigenvalue weighted by molar-refractivity contribution is -0.0105. The van der Waals surface area contributed by atoms with Crippen molar-refractivity contribution < 1.29 is 9.84 Å². The zero-order valence-electron chi connectivity index (χ0n) is 8.53. The van der Waals surface area contributed by atoms with E-state index in [1.807, 2.05) is 17.2 Å². The van der Waals surface area contributed by atoms with Gasteiger partial charge >= 0.3 is 0 Å². The highest BCUT2D eigenvalue weighted by molar-refractivity contribution is 14.1. The van der Waals surface area contributed by atoms with Crippen molar-refractivity contribution in [2.24, 2.45) is 5.92 Å². The zero-order chi connectivity index (χ0) is 10.4. The molecule has 0 radical (unpaired) electrons. The molecule has 0 bridgehead atoms. The van der Waals surface area contributed by atoms with Gasteiger partial charge in [0, 0.05) is 12.5 Å². The SMILES string of the molecule is CN1CCC(COC/C=C/I)C(O)C1. The summed E-state index contributed by atoms with van der Waals surface area (Å²) in [7, 11) is 2.04. The first-order valence-electron chi connectivity index (χ1n) is 4.93. The van der Waals surface area contributed by atoms with Crippen LogP contribution in [0.25, 0.3) is 0 Å². The highest BCUT2D eigenvalue weighted by atomic mass is 127. The van der Waals surface area contributed by atoms with Crippen LogP contribution in [0.3, 0.4) is 0 Å². The third-order valence-electron chi connectivity index (χ3n) is 2.56. The Morgan fingerprint density at radius 1 is 1.64 bits per heavy atom. The number of piperidine rings is 1. The predicted molar refractivity (Wildman–Crippen MR) is 65.6 cm³/mol. The summed E-state index contributed by atoms with van der Waals surface area (Å²) in [5.41, 5.74) is 0. The molecule has 0 spiro atoms. The summed E-state index contributed by atoms with van der Waals surface area (Å²) in [4.78, 5) is 2.16. The number of ether oxygens (including phenoxy) is 1. The molecule has 2 unspecified atom stereocenters. The molecule has 1 N–H and O–H groups in total. The standard InChI is InChI=1S/C10H18INO2/c1-12-5-3-9(10(13)7-12)8-14-6-2-4-11/h2,4,9-10,13H,3,5-8H2,1H3/b4-2+. The molecule has 4 heteroatoms. The normalized spacial score (nSPS) is 29.9. The van der Waals surface area contributed by atoms with E-state index in [1.54, 1.807) is 0 Å². The van der Waals surface area contributed by atoms with Crippen molar-refractivity contribution in [1.82, 2.24) is 4.90 Å². The molecule has 1 aliphatic rings. The van der Waals surface area contributed by atoms with Crippen LogP contribution < -0.4 is 0 Å². The van der Waals surface area contributed by atoms with Crippen molar-refractivity contribution in [3.8, 4) is 0 Å². The molecule has 14 heavy (non-hydrogen) atoms. The van der Waals surface area contributed by atoms with Crippen LogP contribution >= 0.6 is 22.6 Å². The monoisotopic (exact) mass is 311 g/mol. The molecule has 82 valence electrons. The molecular weight excluding hydrogens is 293 g/mol. The number of β-amino-alcohol motifs (C(OH)–C–C–N with tert-alkyl or cyclic N) is 1. The zero-order valence-corrected chi connectivity index (χ0v) is 10.7. The van der Waals surface area contributed by atoms with Crippen molar-refractivity contribution in [1.29, 1.82) is 0 Å². The van der Waals surface area contributed by atoms with E-state index in [0.29, 0.717) is 19.1 Å². The van der Waals surface area contributed by atoms with Gasteiger partial charge in [-0.2, -0.15) is 0 Å². The highest BCUT2D eigenvalue weighted by Gasteiger charge is 2.25. The van der Waals surface area contributed by atoms with Gasteiger partial charge in [0.1, 0.15) is 0 Å². The smallest absolute Gasteiger partial charge is 0.0717 e. The van der Waals surface area contributed by atoms with Crippen LogP contribution in [0.2, 0.25) is 0 Å². The van der Waals surface area contributed by atoms with Crippen LogP contribution in [-0.4, -0.2) is 49.5 Å². The molecule has 1 aliphatic heterocycles. The first-order valence-corrected chi connectivity index (χ1v) is 6.18. The molecule has 0 saturated carbocycles. The molecule has 1 heterocycles. The second-order valence-electron chi connectivity index (χ2n) is 3.78. The van der Waals surface area contributed by atoms with Crippen LogP contribution in [0.1, 0.15) is 6.42 Å². The summed E-state index contributed by atoms with van der Waals surface area (Å²) >= 11 is 2.17. The molecule has 0 aromatic heterocycles. The summed E-state index contributed by atoms with van der Waals surface area (Å²) in [6, 6.07) is 0. The molecule has 3 nitrogen and oxygen atoms in total. The Labute approximate surface area is 99.3 Å². The van der Waals surface area contributed by atoms with Crippen molar-refractivity contribution in [2.45, 2.75) is 12.5 Å². The van der Waals surface area contributed by atoms with Crippen molar-refractivity contribution in [3.63, 3.8) is 0 Å². The molecule has 0 aliphatic carbocycles.